The first-order chi connectivity index (χ1) is 6.56. The number of aliphatic hydroxyl groups is 1. The quantitative estimate of drug-likeness (QED) is 0.584. The van der Waals surface area contributed by atoms with E-state index in [1.54, 1.807) is 6.92 Å². The highest BCUT2D eigenvalue weighted by atomic mass is 16.5. The SMILES string of the molecule is CCCC(C)(CCOCCO)C(=O)O. The van der Waals surface area contributed by atoms with Gasteiger partial charge in [-0.15, -0.1) is 0 Å². The summed E-state index contributed by atoms with van der Waals surface area (Å²) in [5.41, 5.74) is -0.690. The van der Waals surface area contributed by atoms with Gasteiger partial charge in [-0.25, -0.2) is 0 Å². The number of carboxylic acids is 1. The summed E-state index contributed by atoms with van der Waals surface area (Å²) in [6, 6.07) is 0. The first-order valence-corrected chi connectivity index (χ1v) is 4.99. The van der Waals surface area contributed by atoms with Crippen molar-refractivity contribution < 1.29 is 19.7 Å². The monoisotopic (exact) mass is 204 g/mol. The van der Waals surface area contributed by atoms with Crippen LogP contribution in [-0.2, 0) is 9.53 Å². The summed E-state index contributed by atoms with van der Waals surface area (Å²) < 4.78 is 5.06. The van der Waals surface area contributed by atoms with Crippen molar-refractivity contribution in [2.75, 3.05) is 19.8 Å². The minimum Gasteiger partial charge on any atom is -0.481 e. The predicted molar refractivity (Wildman–Crippen MR) is 53.2 cm³/mol. The Bertz CT molecular complexity index is 170. The molecule has 0 aliphatic heterocycles. The van der Waals surface area contributed by atoms with Crippen molar-refractivity contribution in [1.29, 1.82) is 0 Å². The average molecular weight is 204 g/mol. The first kappa shape index (κ1) is 13.4. The highest BCUT2D eigenvalue weighted by Gasteiger charge is 2.31. The molecule has 0 fully saturated rings. The van der Waals surface area contributed by atoms with Gasteiger partial charge in [0, 0.05) is 6.61 Å². The molecule has 0 bridgehead atoms. The van der Waals surface area contributed by atoms with E-state index in [0.29, 0.717) is 19.4 Å². The Labute approximate surface area is 84.9 Å². The third-order valence-electron chi connectivity index (χ3n) is 2.35. The number of hydrogen-bond acceptors (Lipinski definition) is 3. The van der Waals surface area contributed by atoms with Crippen LogP contribution in [0, 0.1) is 5.41 Å². The van der Waals surface area contributed by atoms with Gasteiger partial charge in [-0.05, 0) is 19.8 Å². The third-order valence-corrected chi connectivity index (χ3v) is 2.35. The van der Waals surface area contributed by atoms with E-state index in [2.05, 4.69) is 0 Å². The minimum absolute atomic E-state index is 0.0163. The maximum Gasteiger partial charge on any atom is 0.309 e. The number of hydrogen-bond donors (Lipinski definition) is 2. The molecule has 0 aliphatic rings. The van der Waals surface area contributed by atoms with Crippen molar-refractivity contribution in [2.45, 2.75) is 33.1 Å². The number of aliphatic hydroxyl groups excluding tert-OH is 1. The summed E-state index contributed by atoms with van der Waals surface area (Å²) in [6.45, 7) is 4.36. The van der Waals surface area contributed by atoms with Gasteiger partial charge in [0.1, 0.15) is 0 Å². The molecular formula is C10H20O4. The van der Waals surface area contributed by atoms with Crippen molar-refractivity contribution in [3.05, 3.63) is 0 Å². The van der Waals surface area contributed by atoms with Gasteiger partial charge in [0.05, 0.1) is 18.6 Å². The van der Waals surface area contributed by atoms with Gasteiger partial charge in [-0.2, -0.15) is 0 Å². The predicted octanol–water partition coefficient (Wildman–Crippen LogP) is 1.28. The molecule has 0 heterocycles. The average Bonchev–Trinajstić information content (AvgIpc) is 2.13. The molecule has 0 spiro atoms. The van der Waals surface area contributed by atoms with Gasteiger partial charge in [-0.3, -0.25) is 4.79 Å². The zero-order valence-electron chi connectivity index (χ0n) is 8.95. The Balaban J connectivity index is 3.90. The van der Waals surface area contributed by atoms with Crippen molar-refractivity contribution in [2.24, 2.45) is 5.41 Å². The van der Waals surface area contributed by atoms with Crippen molar-refractivity contribution in [1.82, 2.24) is 0 Å². The third kappa shape index (κ3) is 4.58. The second kappa shape index (κ2) is 6.79. The number of ether oxygens (including phenoxy) is 1. The highest BCUT2D eigenvalue weighted by molar-refractivity contribution is 5.74. The molecule has 0 rings (SSSR count). The molecular weight excluding hydrogens is 184 g/mol. The van der Waals surface area contributed by atoms with Gasteiger partial charge in [0.2, 0.25) is 0 Å². The molecule has 0 aliphatic carbocycles. The number of aliphatic carboxylic acids is 1. The topological polar surface area (TPSA) is 66.8 Å². The van der Waals surface area contributed by atoms with Crippen LogP contribution < -0.4 is 0 Å². The van der Waals surface area contributed by atoms with E-state index in [4.69, 9.17) is 14.9 Å². The van der Waals surface area contributed by atoms with E-state index in [0.717, 1.165) is 6.42 Å². The van der Waals surface area contributed by atoms with Crippen molar-refractivity contribution in [3.8, 4) is 0 Å². The van der Waals surface area contributed by atoms with E-state index in [1.807, 2.05) is 6.92 Å². The van der Waals surface area contributed by atoms with Crippen LogP contribution in [0.25, 0.3) is 0 Å². The molecule has 0 radical (unpaired) electrons. The lowest BCUT2D eigenvalue weighted by Crippen LogP contribution is -2.29. The smallest absolute Gasteiger partial charge is 0.309 e. The standard InChI is InChI=1S/C10H20O4/c1-3-4-10(2,9(12)13)5-7-14-8-6-11/h11H,3-8H2,1-2H3,(H,12,13). The van der Waals surface area contributed by atoms with Crippen LogP contribution in [0.1, 0.15) is 33.1 Å². The molecule has 0 amide bonds. The van der Waals surface area contributed by atoms with E-state index < -0.39 is 11.4 Å². The fourth-order valence-corrected chi connectivity index (χ4v) is 1.35. The number of carbonyl (C=O) groups is 1. The summed E-state index contributed by atoms with van der Waals surface area (Å²) in [6.07, 6.45) is 2.00. The van der Waals surface area contributed by atoms with Crippen LogP contribution in [0.5, 0.6) is 0 Å². The zero-order valence-corrected chi connectivity index (χ0v) is 8.95. The molecule has 0 aromatic rings. The Hall–Kier alpha value is -0.610. The highest BCUT2D eigenvalue weighted by Crippen LogP contribution is 2.27. The van der Waals surface area contributed by atoms with Crippen LogP contribution in [-0.4, -0.2) is 36.0 Å². The maximum absolute atomic E-state index is 11.0. The molecule has 4 nitrogen and oxygen atoms in total. The van der Waals surface area contributed by atoms with Gasteiger partial charge in [-0.1, -0.05) is 13.3 Å². The maximum atomic E-state index is 11.0. The molecule has 4 heteroatoms. The second-order valence-electron chi connectivity index (χ2n) is 3.70. The van der Waals surface area contributed by atoms with E-state index in [1.165, 1.54) is 0 Å². The van der Waals surface area contributed by atoms with Gasteiger partial charge in [0.15, 0.2) is 0 Å². The van der Waals surface area contributed by atoms with Crippen LogP contribution in [0.3, 0.4) is 0 Å². The molecule has 0 saturated carbocycles. The van der Waals surface area contributed by atoms with E-state index in [-0.39, 0.29) is 13.2 Å². The summed E-state index contributed by atoms with van der Waals surface area (Å²) in [5, 5.41) is 17.5. The van der Waals surface area contributed by atoms with Gasteiger partial charge >= 0.3 is 5.97 Å². The Morgan fingerprint density at radius 3 is 2.43 bits per heavy atom. The molecule has 0 aromatic heterocycles. The molecule has 84 valence electrons. The Morgan fingerprint density at radius 1 is 1.36 bits per heavy atom. The Morgan fingerprint density at radius 2 is 2.00 bits per heavy atom. The first-order valence-electron chi connectivity index (χ1n) is 4.99. The van der Waals surface area contributed by atoms with Gasteiger partial charge < -0.3 is 14.9 Å². The molecule has 2 N–H and O–H groups in total. The lowest BCUT2D eigenvalue weighted by molar-refractivity contribution is -0.149. The fourth-order valence-electron chi connectivity index (χ4n) is 1.35. The molecule has 0 saturated heterocycles. The van der Waals surface area contributed by atoms with Crippen LogP contribution in [0.4, 0.5) is 0 Å². The lowest BCUT2D eigenvalue weighted by Gasteiger charge is -2.23. The molecule has 1 atom stereocenters. The molecule has 14 heavy (non-hydrogen) atoms. The second-order valence-corrected chi connectivity index (χ2v) is 3.70. The van der Waals surface area contributed by atoms with Crippen LogP contribution in [0.15, 0.2) is 0 Å². The zero-order chi connectivity index (χ0) is 11.0. The minimum atomic E-state index is -0.771. The summed E-state index contributed by atoms with van der Waals surface area (Å²) in [4.78, 5) is 11.0. The molecule has 0 aromatic carbocycles. The Kier molecular flexibility index (Phi) is 6.49. The van der Waals surface area contributed by atoms with Gasteiger partial charge in [0.25, 0.3) is 0 Å². The van der Waals surface area contributed by atoms with E-state index in [9.17, 15) is 4.79 Å². The van der Waals surface area contributed by atoms with Crippen LogP contribution >= 0.6 is 0 Å². The normalized spacial score (nSPS) is 15.1. The number of rotatable bonds is 8. The van der Waals surface area contributed by atoms with Crippen molar-refractivity contribution in [3.63, 3.8) is 0 Å². The fraction of sp³-hybridized carbons (Fsp3) is 0.900. The summed E-state index contributed by atoms with van der Waals surface area (Å²) in [5.74, 6) is -0.771. The van der Waals surface area contributed by atoms with Crippen molar-refractivity contribution >= 4 is 5.97 Å². The molecule has 1 unspecified atom stereocenters. The summed E-state index contributed by atoms with van der Waals surface area (Å²) >= 11 is 0. The number of carboxylic acid groups (broad SMARTS) is 1. The summed E-state index contributed by atoms with van der Waals surface area (Å²) in [7, 11) is 0. The van der Waals surface area contributed by atoms with Crippen LogP contribution in [0.2, 0.25) is 0 Å². The largest absolute Gasteiger partial charge is 0.481 e. The lowest BCUT2D eigenvalue weighted by atomic mass is 9.83. The van der Waals surface area contributed by atoms with E-state index >= 15 is 0 Å².